The van der Waals surface area contributed by atoms with E-state index in [-0.39, 0.29) is 10.9 Å². The smallest absolute Gasteiger partial charge is 0.247 e. The summed E-state index contributed by atoms with van der Waals surface area (Å²) in [4.78, 5) is 23.0. The lowest BCUT2D eigenvalue weighted by atomic mass is 10.1. The number of carbonyl (C=O) groups is 1. The summed E-state index contributed by atoms with van der Waals surface area (Å²) in [6.07, 6.45) is 1.20. The second-order valence-corrected chi connectivity index (χ2v) is 9.58. The molecular formula is C26H31ClFN7O2. The summed E-state index contributed by atoms with van der Waals surface area (Å²) in [7, 11) is 3.43. The van der Waals surface area contributed by atoms with Gasteiger partial charge in [-0.25, -0.2) is 14.4 Å². The molecule has 9 nitrogen and oxygen atoms in total. The van der Waals surface area contributed by atoms with Crippen LogP contribution in [0.25, 0.3) is 0 Å². The number of aryl methyl sites for hydroxylation is 1. The van der Waals surface area contributed by atoms with Crippen LogP contribution in [0.4, 0.5) is 38.8 Å². The molecule has 11 heteroatoms. The van der Waals surface area contributed by atoms with Crippen molar-refractivity contribution < 1.29 is 13.9 Å². The summed E-state index contributed by atoms with van der Waals surface area (Å²) in [5, 5.41) is 9.18. The molecule has 0 unspecified atom stereocenters. The van der Waals surface area contributed by atoms with Gasteiger partial charge in [-0.3, -0.25) is 4.79 Å². The molecule has 1 heterocycles. The minimum Gasteiger partial charge on any atom is -0.494 e. The lowest BCUT2D eigenvalue weighted by Gasteiger charge is -2.30. The van der Waals surface area contributed by atoms with Gasteiger partial charge in [-0.1, -0.05) is 18.2 Å². The number of anilines is 6. The van der Waals surface area contributed by atoms with Crippen molar-refractivity contribution in [2.75, 3.05) is 41.6 Å². The standard InChI is InChI=1S/C26H31ClFN7O2/c1-7-25(36)34-19-11-20(22(37-6)12-21(19)35(5)14-26(3,4)29)33-24-13-23(30-15(2)31-24)32-16-8-9-18(28)17(27)10-16/h7-13H,1,14,29H2,2-6H3,(H,34,36)(H2,30,31,32,33). The van der Waals surface area contributed by atoms with Gasteiger partial charge in [-0.2, -0.15) is 0 Å². The first-order valence-electron chi connectivity index (χ1n) is 11.4. The largest absolute Gasteiger partial charge is 0.494 e. The van der Waals surface area contributed by atoms with Gasteiger partial charge in [0.1, 0.15) is 29.0 Å². The number of likely N-dealkylation sites (N-methyl/N-ethyl adjacent to an activating group) is 1. The molecular weight excluding hydrogens is 497 g/mol. The van der Waals surface area contributed by atoms with Crippen molar-refractivity contribution in [1.82, 2.24) is 9.97 Å². The summed E-state index contributed by atoms with van der Waals surface area (Å²) < 4.78 is 19.2. The third kappa shape index (κ3) is 7.55. The van der Waals surface area contributed by atoms with E-state index < -0.39 is 11.4 Å². The van der Waals surface area contributed by atoms with E-state index in [0.29, 0.717) is 52.5 Å². The maximum atomic E-state index is 13.5. The molecule has 196 valence electrons. The Labute approximate surface area is 220 Å². The van der Waals surface area contributed by atoms with Gasteiger partial charge in [0.25, 0.3) is 0 Å². The van der Waals surface area contributed by atoms with Crippen molar-refractivity contribution in [1.29, 1.82) is 0 Å². The summed E-state index contributed by atoms with van der Waals surface area (Å²) in [5.41, 5.74) is 8.11. The molecule has 0 saturated heterocycles. The first kappa shape index (κ1) is 27.7. The number of benzene rings is 2. The molecule has 0 aliphatic rings. The number of hydrogen-bond donors (Lipinski definition) is 4. The zero-order chi connectivity index (χ0) is 27.3. The van der Waals surface area contributed by atoms with Crippen molar-refractivity contribution >= 4 is 51.9 Å². The summed E-state index contributed by atoms with van der Waals surface area (Å²) in [6, 6.07) is 9.54. The van der Waals surface area contributed by atoms with Crippen molar-refractivity contribution in [3.8, 4) is 5.75 Å². The van der Waals surface area contributed by atoms with Gasteiger partial charge in [0.2, 0.25) is 5.91 Å². The third-order valence-electron chi connectivity index (χ3n) is 5.11. The zero-order valence-corrected chi connectivity index (χ0v) is 22.2. The van der Waals surface area contributed by atoms with Crippen molar-refractivity contribution in [3.63, 3.8) is 0 Å². The number of amides is 1. The van der Waals surface area contributed by atoms with E-state index in [9.17, 15) is 9.18 Å². The fraction of sp³-hybridized carbons (Fsp3) is 0.269. The number of halogens is 2. The van der Waals surface area contributed by atoms with Gasteiger partial charge in [0.15, 0.2) is 0 Å². The van der Waals surface area contributed by atoms with Crippen LogP contribution in [0.5, 0.6) is 5.75 Å². The summed E-state index contributed by atoms with van der Waals surface area (Å²) >= 11 is 5.89. The highest BCUT2D eigenvalue weighted by Gasteiger charge is 2.20. The maximum Gasteiger partial charge on any atom is 0.247 e. The fourth-order valence-electron chi connectivity index (χ4n) is 3.69. The molecule has 37 heavy (non-hydrogen) atoms. The SMILES string of the molecule is C=CC(=O)Nc1cc(Nc2cc(Nc3ccc(F)c(Cl)c3)nc(C)n2)c(OC)cc1N(C)CC(C)(C)N. The second-order valence-electron chi connectivity index (χ2n) is 9.17. The van der Waals surface area contributed by atoms with E-state index in [2.05, 4.69) is 32.5 Å². The average molecular weight is 528 g/mol. The van der Waals surface area contributed by atoms with Gasteiger partial charge >= 0.3 is 0 Å². The van der Waals surface area contributed by atoms with E-state index >= 15 is 0 Å². The average Bonchev–Trinajstić information content (AvgIpc) is 2.80. The number of methoxy groups -OCH3 is 1. The van der Waals surface area contributed by atoms with Crippen LogP contribution >= 0.6 is 11.6 Å². The Morgan fingerprint density at radius 2 is 1.86 bits per heavy atom. The minimum atomic E-state index is -0.510. The lowest BCUT2D eigenvalue weighted by molar-refractivity contribution is -0.111. The van der Waals surface area contributed by atoms with Crippen molar-refractivity contribution in [2.45, 2.75) is 26.3 Å². The maximum absolute atomic E-state index is 13.5. The molecule has 0 fully saturated rings. The Balaban J connectivity index is 1.98. The van der Waals surface area contributed by atoms with Gasteiger partial charge in [-0.05, 0) is 51.1 Å². The van der Waals surface area contributed by atoms with Crippen LogP contribution in [0.3, 0.4) is 0 Å². The molecule has 3 rings (SSSR count). The van der Waals surface area contributed by atoms with Gasteiger partial charge in [0.05, 0.1) is 29.2 Å². The first-order chi connectivity index (χ1) is 17.4. The van der Waals surface area contributed by atoms with E-state index in [0.717, 1.165) is 0 Å². The fourth-order valence-corrected chi connectivity index (χ4v) is 3.87. The molecule has 1 amide bonds. The number of carbonyl (C=O) groups excluding carboxylic acids is 1. The molecule has 0 atom stereocenters. The van der Waals surface area contributed by atoms with E-state index in [1.54, 1.807) is 38.3 Å². The molecule has 2 aromatic carbocycles. The lowest BCUT2D eigenvalue weighted by Crippen LogP contribution is -2.44. The zero-order valence-electron chi connectivity index (χ0n) is 21.4. The Bertz CT molecular complexity index is 1310. The Kier molecular flexibility index (Phi) is 8.57. The predicted octanol–water partition coefficient (Wildman–Crippen LogP) is 5.37. The van der Waals surface area contributed by atoms with Crippen molar-refractivity contribution in [2.24, 2.45) is 5.73 Å². The molecule has 0 aliphatic heterocycles. The number of hydrogen-bond acceptors (Lipinski definition) is 8. The van der Waals surface area contributed by atoms with E-state index in [1.165, 1.54) is 18.2 Å². The second kappa shape index (κ2) is 11.4. The van der Waals surface area contributed by atoms with Crippen LogP contribution in [-0.4, -0.2) is 42.1 Å². The predicted molar refractivity (Wildman–Crippen MR) is 148 cm³/mol. The molecule has 3 aromatic rings. The van der Waals surface area contributed by atoms with Gasteiger partial charge < -0.3 is 31.3 Å². The summed E-state index contributed by atoms with van der Waals surface area (Å²) in [6.45, 7) is 9.64. The van der Waals surface area contributed by atoms with Gasteiger partial charge in [-0.15, -0.1) is 0 Å². The number of ether oxygens (including phenoxy) is 1. The number of nitrogens with one attached hydrogen (secondary N) is 3. The van der Waals surface area contributed by atoms with E-state index in [4.69, 9.17) is 22.1 Å². The highest BCUT2D eigenvalue weighted by Crippen LogP contribution is 2.38. The van der Waals surface area contributed by atoms with E-state index in [1.807, 2.05) is 25.8 Å². The molecule has 0 radical (unpaired) electrons. The van der Waals surface area contributed by atoms with Crippen molar-refractivity contribution in [3.05, 3.63) is 65.7 Å². The molecule has 0 bridgehead atoms. The van der Waals surface area contributed by atoms with Crippen LogP contribution < -0.4 is 31.3 Å². The molecule has 0 saturated carbocycles. The van der Waals surface area contributed by atoms with Crippen LogP contribution in [0.2, 0.25) is 5.02 Å². The molecule has 5 N–H and O–H groups in total. The molecule has 0 spiro atoms. The monoisotopic (exact) mass is 527 g/mol. The number of nitrogens with zero attached hydrogens (tertiary/aromatic N) is 3. The number of aromatic nitrogens is 2. The van der Waals surface area contributed by atoms with Gasteiger partial charge in [0, 0.05) is 37.0 Å². The Morgan fingerprint density at radius 3 is 2.46 bits per heavy atom. The summed E-state index contributed by atoms with van der Waals surface area (Å²) in [5.74, 6) is 1.07. The quantitative estimate of drug-likeness (QED) is 0.260. The highest BCUT2D eigenvalue weighted by molar-refractivity contribution is 6.31. The van der Waals surface area contributed by atoms with Crippen LogP contribution in [0.15, 0.2) is 49.1 Å². The first-order valence-corrected chi connectivity index (χ1v) is 11.8. The van der Waals surface area contributed by atoms with Crippen LogP contribution in [-0.2, 0) is 4.79 Å². The Hall–Kier alpha value is -3.89. The highest BCUT2D eigenvalue weighted by atomic mass is 35.5. The number of nitrogens with two attached hydrogens (primary N) is 1. The van der Waals surface area contributed by atoms with Crippen LogP contribution in [0, 0.1) is 12.7 Å². The third-order valence-corrected chi connectivity index (χ3v) is 5.40. The topological polar surface area (TPSA) is 117 Å². The normalized spacial score (nSPS) is 11.0. The minimum absolute atomic E-state index is 0.00366. The molecule has 0 aliphatic carbocycles. The Morgan fingerprint density at radius 1 is 1.19 bits per heavy atom. The number of rotatable bonds is 10. The van der Waals surface area contributed by atoms with Crippen LogP contribution in [0.1, 0.15) is 19.7 Å². The molecule has 1 aromatic heterocycles.